The third-order valence-corrected chi connectivity index (χ3v) is 3.20. The van der Waals surface area contributed by atoms with Crippen LogP contribution in [0.4, 0.5) is 0 Å². The van der Waals surface area contributed by atoms with Gasteiger partial charge in [-0.05, 0) is 44.9 Å². The lowest BCUT2D eigenvalue weighted by molar-refractivity contribution is -0.0260. The highest BCUT2D eigenvalue weighted by Crippen LogP contribution is 2.36. The van der Waals surface area contributed by atoms with Crippen molar-refractivity contribution in [1.82, 2.24) is 5.32 Å². The van der Waals surface area contributed by atoms with Gasteiger partial charge in [0.05, 0.1) is 6.26 Å². The number of aliphatic hydroxyl groups is 1. The topological polar surface area (TPSA) is 45.4 Å². The zero-order chi connectivity index (χ0) is 10.0. The summed E-state index contributed by atoms with van der Waals surface area (Å²) in [4.78, 5) is 0. The molecule has 0 saturated heterocycles. The zero-order valence-electron chi connectivity index (χ0n) is 8.49. The molecule has 0 aromatic carbocycles. The van der Waals surface area contributed by atoms with Gasteiger partial charge in [0.2, 0.25) is 0 Å². The van der Waals surface area contributed by atoms with Crippen molar-refractivity contribution < 1.29 is 9.52 Å². The fraction of sp³-hybridized carbons (Fsp3) is 0.636. The van der Waals surface area contributed by atoms with Crippen molar-refractivity contribution in [2.45, 2.75) is 37.3 Å². The molecule has 0 amide bonds. The van der Waals surface area contributed by atoms with Crippen LogP contribution in [0, 0.1) is 0 Å². The number of nitrogens with one attached hydrogen (secondary N) is 1. The highest BCUT2D eigenvalue weighted by Gasteiger charge is 2.36. The summed E-state index contributed by atoms with van der Waals surface area (Å²) in [6.45, 7) is 0. The summed E-state index contributed by atoms with van der Waals surface area (Å²) in [6.07, 6.45) is 5.21. The molecule has 1 fully saturated rings. The molecule has 2 rings (SSSR count). The normalized spacial score (nSPS) is 33.1. The Labute approximate surface area is 84.1 Å². The fourth-order valence-electron chi connectivity index (χ4n) is 2.17. The molecule has 14 heavy (non-hydrogen) atoms. The van der Waals surface area contributed by atoms with Gasteiger partial charge in [-0.15, -0.1) is 0 Å². The molecule has 0 bridgehead atoms. The second-order valence-electron chi connectivity index (χ2n) is 4.07. The van der Waals surface area contributed by atoms with Gasteiger partial charge in [-0.25, -0.2) is 0 Å². The van der Waals surface area contributed by atoms with Crippen LogP contribution in [0.3, 0.4) is 0 Å². The van der Waals surface area contributed by atoms with Gasteiger partial charge < -0.3 is 14.8 Å². The van der Waals surface area contributed by atoms with Crippen LogP contribution < -0.4 is 5.32 Å². The van der Waals surface area contributed by atoms with E-state index in [0.717, 1.165) is 25.7 Å². The van der Waals surface area contributed by atoms with Gasteiger partial charge in [0.1, 0.15) is 11.4 Å². The Morgan fingerprint density at radius 3 is 2.71 bits per heavy atom. The first kappa shape index (κ1) is 9.74. The maximum absolute atomic E-state index is 10.3. The Bertz CT molecular complexity index is 273. The molecule has 0 unspecified atom stereocenters. The molecular weight excluding hydrogens is 178 g/mol. The van der Waals surface area contributed by atoms with Crippen molar-refractivity contribution in [3.8, 4) is 0 Å². The van der Waals surface area contributed by atoms with E-state index >= 15 is 0 Å². The monoisotopic (exact) mass is 195 g/mol. The Hall–Kier alpha value is -0.800. The van der Waals surface area contributed by atoms with E-state index in [0.29, 0.717) is 11.8 Å². The molecule has 78 valence electrons. The Balaban J connectivity index is 2.06. The van der Waals surface area contributed by atoms with Gasteiger partial charge in [0.15, 0.2) is 0 Å². The summed E-state index contributed by atoms with van der Waals surface area (Å²) in [7, 11) is 1.97. The zero-order valence-corrected chi connectivity index (χ0v) is 8.49. The van der Waals surface area contributed by atoms with Crippen molar-refractivity contribution in [1.29, 1.82) is 0 Å². The van der Waals surface area contributed by atoms with Crippen LogP contribution in [0.25, 0.3) is 0 Å². The molecule has 1 aliphatic rings. The largest absolute Gasteiger partial charge is 0.466 e. The highest BCUT2D eigenvalue weighted by atomic mass is 16.4. The van der Waals surface area contributed by atoms with E-state index in [1.807, 2.05) is 19.2 Å². The van der Waals surface area contributed by atoms with Crippen LogP contribution in [-0.2, 0) is 5.60 Å². The smallest absolute Gasteiger partial charge is 0.135 e. The van der Waals surface area contributed by atoms with E-state index in [2.05, 4.69) is 5.32 Å². The predicted octanol–water partition coefficient (Wildman–Crippen LogP) is 1.63. The summed E-state index contributed by atoms with van der Waals surface area (Å²) in [5, 5.41) is 13.6. The van der Waals surface area contributed by atoms with E-state index in [-0.39, 0.29) is 0 Å². The summed E-state index contributed by atoms with van der Waals surface area (Å²) >= 11 is 0. The average molecular weight is 195 g/mol. The summed E-state index contributed by atoms with van der Waals surface area (Å²) in [5.41, 5.74) is -0.725. The SMILES string of the molecule is CNC1CCC(O)(c2ccco2)CC1. The fourth-order valence-corrected chi connectivity index (χ4v) is 2.17. The molecule has 1 heterocycles. The molecule has 1 aromatic rings. The third kappa shape index (κ3) is 1.70. The molecule has 1 aromatic heterocycles. The van der Waals surface area contributed by atoms with Crippen molar-refractivity contribution in [3.05, 3.63) is 24.2 Å². The van der Waals surface area contributed by atoms with Crippen LogP contribution in [0.5, 0.6) is 0 Å². The first-order chi connectivity index (χ1) is 6.74. The van der Waals surface area contributed by atoms with E-state index < -0.39 is 5.60 Å². The third-order valence-electron chi connectivity index (χ3n) is 3.20. The minimum Gasteiger partial charge on any atom is -0.466 e. The molecule has 0 radical (unpaired) electrons. The molecule has 0 atom stereocenters. The Morgan fingerprint density at radius 2 is 2.21 bits per heavy atom. The van der Waals surface area contributed by atoms with Crippen molar-refractivity contribution in [2.75, 3.05) is 7.05 Å². The maximum Gasteiger partial charge on any atom is 0.135 e. The van der Waals surface area contributed by atoms with Crippen molar-refractivity contribution >= 4 is 0 Å². The molecule has 3 heteroatoms. The van der Waals surface area contributed by atoms with Gasteiger partial charge >= 0.3 is 0 Å². The summed E-state index contributed by atoms with van der Waals surface area (Å²) in [6, 6.07) is 4.24. The lowest BCUT2D eigenvalue weighted by Crippen LogP contribution is -2.38. The molecular formula is C11H17NO2. The molecule has 2 N–H and O–H groups in total. The van der Waals surface area contributed by atoms with Crippen LogP contribution in [-0.4, -0.2) is 18.2 Å². The van der Waals surface area contributed by atoms with Crippen LogP contribution >= 0.6 is 0 Å². The van der Waals surface area contributed by atoms with Gasteiger partial charge in [-0.2, -0.15) is 0 Å². The number of hydrogen-bond donors (Lipinski definition) is 2. The van der Waals surface area contributed by atoms with Crippen LogP contribution in [0.2, 0.25) is 0 Å². The van der Waals surface area contributed by atoms with Crippen molar-refractivity contribution in [2.24, 2.45) is 0 Å². The quantitative estimate of drug-likeness (QED) is 0.754. The minimum absolute atomic E-state index is 0.547. The average Bonchev–Trinajstić information content (AvgIpc) is 2.72. The van der Waals surface area contributed by atoms with E-state index in [9.17, 15) is 5.11 Å². The van der Waals surface area contributed by atoms with Gasteiger partial charge in [0.25, 0.3) is 0 Å². The molecule has 0 spiro atoms. The molecule has 1 aliphatic carbocycles. The molecule has 0 aliphatic heterocycles. The Kier molecular flexibility index (Phi) is 2.61. The predicted molar refractivity (Wildman–Crippen MR) is 53.9 cm³/mol. The lowest BCUT2D eigenvalue weighted by atomic mass is 9.81. The number of furan rings is 1. The number of rotatable bonds is 2. The van der Waals surface area contributed by atoms with Crippen LogP contribution in [0.15, 0.2) is 22.8 Å². The lowest BCUT2D eigenvalue weighted by Gasteiger charge is -2.34. The standard InChI is InChI=1S/C11H17NO2/c1-12-9-4-6-11(13,7-5-9)10-3-2-8-14-10/h2-3,8-9,12-13H,4-7H2,1H3. The first-order valence-electron chi connectivity index (χ1n) is 5.18. The second-order valence-corrected chi connectivity index (χ2v) is 4.07. The van der Waals surface area contributed by atoms with Gasteiger partial charge in [-0.1, -0.05) is 0 Å². The van der Waals surface area contributed by atoms with Gasteiger partial charge in [0, 0.05) is 6.04 Å². The highest BCUT2D eigenvalue weighted by molar-refractivity contribution is 5.10. The van der Waals surface area contributed by atoms with E-state index in [4.69, 9.17) is 4.42 Å². The van der Waals surface area contributed by atoms with Crippen molar-refractivity contribution in [3.63, 3.8) is 0 Å². The maximum atomic E-state index is 10.3. The minimum atomic E-state index is -0.725. The molecule has 3 nitrogen and oxygen atoms in total. The molecule has 1 saturated carbocycles. The summed E-state index contributed by atoms with van der Waals surface area (Å²) < 4.78 is 5.27. The Morgan fingerprint density at radius 1 is 1.50 bits per heavy atom. The van der Waals surface area contributed by atoms with E-state index in [1.165, 1.54) is 0 Å². The summed E-state index contributed by atoms with van der Waals surface area (Å²) in [5.74, 6) is 0.715. The van der Waals surface area contributed by atoms with Crippen LogP contribution in [0.1, 0.15) is 31.4 Å². The van der Waals surface area contributed by atoms with E-state index in [1.54, 1.807) is 6.26 Å². The number of hydrogen-bond acceptors (Lipinski definition) is 3. The van der Waals surface area contributed by atoms with Gasteiger partial charge in [-0.3, -0.25) is 0 Å². The first-order valence-corrected chi connectivity index (χ1v) is 5.18. The second kappa shape index (κ2) is 3.75.